The van der Waals surface area contributed by atoms with E-state index in [1.165, 1.54) is 0 Å². The lowest BCUT2D eigenvalue weighted by atomic mass is 9.55. The predicted octanol–water partition coefficient (Wildman–Crippen LogP) is 3.07. The van der Waals surface area contributed by atoms with Gasteiger partial charge in [-0.25, -0.2) is 15.0 Å². The highest BCUT2D eigenvalue weighted by atomic mass is 16.3. The second-order valence-corrected chi connectivity index (χ2v) is 13.9. The fourth-order valence-electron chi connectivity index (χ4n) is 8.27. The molecule has 0 saturated heterocycles. The van der Waals surface area contributed by atoms with Gasteiger partial charge in [0.2, 0.25) is 0 Å². The van der Waals surface area contributed by atoms with Crippen LogP contribution in [0.15, 0.2) is 108 Å². The molecule has 0 saturated carbocycles. The maximum atomic E-state index is 11.2. The zero-order chi connectivity index (χ0) is 38.5. The lowest BCUT2D eigenvalue weighted by Crippen LogP contribution is -2.44. The van der Waals surface area contributed by atoms with Gasteiger partial charge in [-0.3, -0.25) is 0 Å². The average molecular weight is 692 g/mol. The molecule has 1 heterocycles. The second kappa shape index (κ2) is 12.6. The zero-order valence-electron chi connectivity index (χ0n) is 29.2. The number of aromatic hydroxyl groups is 1. The summed E-state index contributed by atoms with van der Waals surface area (Å²) in [5, 5.41) is 32.8. The Morgan fingerprint density at radius 1 is 0.527 bits per heavy atom. The van der Waals surface area contributed by atoms with E-state index in [1.54, 1.807) is 0 Å². The van der Waals surface area contributed by atoms with Crippen molar-refractivity contribution in [1.29, 1.82) is 0 Å². The first-order valence-corrected chi connectivity index (χ1v) is 17.4. The highest BCUT2D eigenvalue weighted by Crippen LogP contribution is 2.58. The van der Waals surface area contributed by atoms with Crippen molar-refractivity contribution in [2.24, 2.45) is 0 Å². The number of rotatable bonds is 3. The molecule has 14 radical (unpaired) electrons. The van der Waals surface area contributed by atoms with Crippen LogP contribution < -0.4 is 21.9 Å². The molecule has 3 aliphatic carbocycles. The Morgan fingerprint density at radius 2 is 1.09 bits per heavy atom. The van der Waals surface area contributed by atoms with Gasteiger partial charge in [-0.15, -0.1) is 10.9 Å². The summed E-state index contributed by atoms with van der Waals surface area (Å²) < 4.78 is 0. The van der Waals surface area contributed by atoms with Gasteiger partial charge in [-0.1, -0.05) is 114 Å². The number of aliphatic hydroxyl groups is 2. The van der Waals surface area contributed by atoms with Crippen LogP contribution in [0.3, 0.4) is 0 Å². The smallest absolute Gasteiger partial charge is 0.167 e. The first-order valence-electron chi connectivity index (χ1n) is 17.4. The summed E-state index contributed by atoms with van der Waals surface area (Å²) in [6.45, 7) is 0. The lowest BCUT2D eigenvalue weighted by molar-refractivity contribution is 0.322. The van der Waals surface area contributed by atoms with Gasteiger partial charge in [0.25, 0.3) is 0 Å². The van der Waals surface area contributed by atoms with Crippen LogP contribution in [0.2, 0.25) is 11.6 Å². The summed E-state index contributed by atoms with van der Waals surface area (Å²) in [4.78, 5) is 14.2. The number of hydrogen-bond donors (Lipinski definition) is 3. The average Bonchev–Trinajstić information content (AvgIpc) is 3.41. The van der Waals surface area contributed by atoms with Crippen LogP contribution in [0.1, 0.15) is 39.2 Å². The Kier molecular flexibility index (Phi) is 8.02. The molecular weight excluding hydrogens is 670 g/mol. The molecule has 1 aromatic heterocycles. The third-order valence-corrected chi connectivity index (χ3v) is 11.0. The largest absolute Gasteiger partial charge is 0.509 e. The summed E-state index contributed by atoms with van der Waals surface area (Å²) in [5.74, 6) is -4.19. The summed E-state index contributed by atoms with van der Waals surface area (Å²) >= 11 is 0. The molecule has 0 fully saturated rings. The van der Waals surface area contributed by atoms with Gasteiger partial charge in [-0.05, 0) is 61.9 Å². The Morgan fingerprint density at radius 3 is 1.76 bits per heavy atom. The maximum Gasteiger partial charge on any atom is 0.167 e. The number of benzene rings is 5. The maximum absolute atomic E-state index is 11.2. The summed E-state index contributed by atoms with van der Waals surface area (Å²) in [7, 11) is 43.7. The number of aliphatic hydroxyl groups excluding tert-OH is 2. The number of fused-ring (bicyclic) bond motifs is 9. The SMILES string of the molecule is [B]C1=C(c2nc(-c3ccc4c(c3)-c3ccccc3C43c4ccccc4C=Cc4ccccc43)nc(-c3c([B])c([B])c([B])c(O)c3[B])n2)C(O)=C(O)C([B])C1[B]. The number of nitrogens with zero attached hydrogens (tertiary/aromatic N) is 3. The number of phenolic OH excluding ortho intramolecular Hbond substituents is 1. The van der Waals surface area contributed by atoms with E-state index in [-0.39, 0.29) is 55.9 Å². The van der Waals surface area contributed by atoms with E-state index in [1.807, 2.05) is 30.3 Å². The van der Waals surface area contributed by atoms with Gasteiger partial charge in [0, 0.05) is 11.1 Å². The molecule has 6 nitrogen and oxygen atoms in total. The molecule has 13 heteroatoms. The van der Waals surface area contributed by atoms with Crippen LogP contribution in [0.4, 0.5) is 0 Å². The van der Waals surface area contributed by atoms with E-state index >= 15 is 0 Å². The van der Waals surface area contributed by atoms with Crippen LogP contribution in [0.25, 0.3) is 51.6 Å². The van der Waals surface area contributed by atoms with E-state index in [9.17, 15) is 15.3 Å². The van der Waals surface area contributed by atoms with Crippen molar-refractivity contribution >= 4 is 94.5 Å². The third kappa shape index (κ3) is 4.88. The number of phenols is 1. The molecule has 9 rings (SSSR count). The molecule has 6 aromatic rings. The van der Waals surface area contributed by atoms with Gasteiger partial charge in [0.1, 0.15) is 50.7 Å². The van der Waals surface area contributed by atoms with Crippen molar-refractivity contribution in [2.75, 3.05) is 0 Å². The van der Waals surface area contributed by atoms with Crippen LogP contribution in [0.5, 0.6) is 5.75 Å². The van der Waals surface area contributed by atoms with Gasteiger partial charge in [0.05, 0.1) is 26.7 Å². The Balaban J connectivity index is 1.33. The minimum atomic E-state index is -1.18. The fourth-order valence-corrected chi connectivity index (χ4v) is 8.27. The molecule has 2 unspecified atom stereocenters. The van der Waals surface area contributed by atoms with Crippen LogP contribution in [0, 0.1) is 0 Å². The zero-order valence-corrected chi connectivity index (χ0v) is 29.2. The molecule has 5 aromatic carbocycles. The van der Waals surface area contributed by atoms with Crippen molar-refractivity contribution in [3.8, 4) is 39.7 Å². The normalized spacial score (nSPS) is 17.7. The van der Waals surface area contributed by atoms with Crippen molar-refractivity contribution in [1.82, 2.24) is 15.0 Å². The Bertz CT molecular complexity index is 2690. The van der Waals surface area contributed by atoms with Crippen molar-refractivity contribution < 1.29 is 15.3 Å². The molecular formula is C42H22B7N3O3. The summed E-state index contributed by atoms with van der Waals surface area (Å²) in [5.41, 5.74) is 7.60. The highest BCUT2D eigenvalue weighted by Gasteiger charge is 2.48. The third-order valence-electron chi connectivity index (χ3n) is 11.0. The van der Waals surface area contributed by atoms with Gasteiger partial charge in [-0.2, -0.15) is 0 Å². The summed E-state index contributed by atoms with van der Waals surface area (Å²) in [6.07, 6.45) is 4.33. The quantitative estimate of drug-likeness (QED) is 0.247. The van der Waals surface area contributed by atoms with Crippen molar-refractivity contribution in [3.63, 3.8) is 0 Å². The first-order chi connectivity index (χ1) is 26.4. The molecule has 2 atom stereocenters. The second-order valence-electron chi connectivity index (χ2n) is 13.9. The fraction of sp³-hybridized carbons (Fsp3) is 0.0714. The van der Waals surface area contributed by atoms with E-state index in [0.717, 1.165) is 44.5 Å². The van der Waals surface area contributed by atoms with Crippen LogP contribution >= 0.6 is 0 Å². The molecule has 3 aliphatic rings. The molecule has 1 spiro atoms. The minimum Gasteiger partial charge on any atom is -0.509 e. The minimum absolute atomic E-state index is 0.0256. The van der Waals surface area contributed by atoms with Crippen LogP contribution in [-0.2, 0) is 5.41 Å². The molecule has 3 N–H and O–H groups in total. The van der Waals surface area contributed by atoms with Gasteiger partial charge in [0.15, 0.2) is 23.2 Å². The van der Waals surface area contributed by atoms with Crippen LogP contribution in [-0.4, -0.2) is 85.2 Å². The topological polar surface area (TPSA) is 99.4 Å². The van der Waals surface area contributed by atoms with Gasteiger partial charge >= 0.3 is 0 Å². The van der Waals surface area contributed by atoms with Crippen molar-refractivity contribution in [2.45, 2.75) is 17.0 Å². The predicted molar refractivity (Wildman–Crippen MR) is 224 cm³/mol. The number of allylic oxidation sites excluding steroid dienone is 3. The molecule has 0 bridgehead atoms. The lowest BCUT2D eigenvalue weighted by Gasteiger charge is -2.35. The molecule has 244 valence electrons. The first kappa shape index (κ1) is 34.9. The molecule has 0 amide bonds. The van der Waals surface area contributed by atoms with E-state index in [2.05, 4.69) is 77.8 Å². The van der Waals surface area contributed by atoms with Gasteiger partial charge < -0.3 is 15.3 Å². The number of aromatic nitrogens is 3. The van der Waals surface area contributed by atoms with E-state index in [4.69, 9.17) is 64.9 Å². The monoisotopic (exact) mass is 693 g/mol. The number of hydrogen-bond acceptors (Lipinski definition) is 6. The molecule has 0 aliphatic heterocycles. The van der Waals surface area contributed by atoms with Crippen molar-refractivity contribution in [3.05, 3.63) is 147 Å². The Hall–Kier alpha value is -5.82. The standard InChI is InChI=1S/C42H22B7N3O3/c43-29-27(31(45)37(54)34(48)32(29)46)40-50-39(51-41(52-40)28-30(44)33(47)35(49)38(55)36(28)53)20-15-16-26-22(17-20)21-9-3-6-12-25(21)42(26)23-10-4-1-7-18(23)13-14-19-8-2-5-11-24(19)42/h1-17,33,35,53-55H. The molecule has 55 heavy (non-hydrogen) atoms. The van der Waals surface area contributed by atoms with E-state index in [0.29, 0.717) is 5.56 Å². The van der Waals surface area contributed by atoms with E-state index < -0.39 is 34.3 Å². The highest BCUT2D eigenvalue weighted by molar-refractivity contribution is 6.62. The Labute approximate surface area is 327 Å². The summed E-state index contributed by atoms with van der Waals surface area (Å²) in [6, 6.07) is 31.2.